The third-order valence-electron chi connectivity index (χ3n) is 2.73. The maximum atomic E-state index is 3.47. The molecule has 1 aliphatic rings. The zero-order valence-electron chi connectivity index (χ0n) is 13.5. The van der Waals surface area contributed by atoms with Crippen LogP contribution in [0.4, 0.5) is 0 Å². The number of thioether (sulfide) groups is 4. The fraction of sp³-hybridized carbons (Fsp3) is 0.294. The molecular weight excluding hydrogens is 361 g/mol. The van der Waals surface area contributed by atoms with E-state index in [2.05, 4.69) is 74.0 Å². The average Bonchev–Trinajstić information content (AvgIpc) is 2.87. The molecular formula is C17H20S4Si. The maximum Gasteiger partial charge on any atom is 0.129 e. The summed E-state index contributed by atoms with van der Waals surface area (Å²) in [5, 5.41) is 0. The molecule has 0 radical (unpaired) electrons. The van der Waals surface area contributed by atoms with E-state index in [1.807, 2.05) is 47.0 Å². The van der Waals surface area contributed by atoms with E-state index in [0.717, 1.165) is 5.56 Å². The van der Waals surface area contributed by atoms with Gasteiger partial charge in [-0.15, -0.1) is 29.1 Å². The van der Waals surface area contributed by atoms with Crippen molar-refractivity contribution < 1.29 is 0 Å². The zero-order valence-corrected chi connectivity index (χ0v) is 17.8. The molecule has 1 aliphatic heterocycles. The molecule has 22 heavy (non-hydrogen) atoms. The van der Waals surface area contributed by atoms with Gasteiger partial charge in [0.15, 0.2) is 0 Å². The van der Waals surface area contributed by atoms with Crippen LogP contribution in [0.25, 0.3) is 6.08 Å². The molecule has 2 rings (SSSR count). The third kappa shape index (κ3) is 5.21. The minimum Gasteiger partial charge on any atom is -0.127 e. The van der Waals surface area contributed by atoms with Gasteiger partial charge in [0.25, 0.3) is 0 Å². The highest BCUT2D eigenvalue weighted by atomic mass is 32.3. The first-order chi connectivity index (χ1) is 10.4. The van der Waals surface area contributed by atoms with E-state index in [1.165, 1.54) is 18.3 Å². The summed E-state index contributed by atoms with van der Waals surface area (Å²) in [6.07, 6.45) is 6.58. The van der Waals surface area contributed by atoms with Gasteiger partial charge in [0, 0.05) is 5.56 Å². The zero-order chi connectivity index (χ0) is 16.2. The molecule has 0 saturated carbocycles. The van der Waals surface area contributed by atoms with Gasteiger partial charge in [0.1, 0.15) is 8.07 Å². The Morgan fingerprint density at radius 3 is 2.14 bits per heavy atom. The minimum atomic E-state index is -1.35. The van der Waals surface area contributed by atoms with Gasteiger partial charge >= 0.3 is 0 Å². The van der Waals surface area contributed by atoms with Crippen LogP contribution < -0.4 is 0 Å². The topological polar surface area (TPSA) is 0 Å². The predicted molar refractivity (Wildman–Crippen MR) is 114 cm³/mol. The lowest BCUT2D eigenvalue weighted by molar-refractivity contribution is 1.60. The highest BCUT2D eigenvalue weighted by molar-refractivity contribution is 8.40. The van der Waals surface area contributed by atoms with Crippen molar-refractivity contribution in [3.8, 4) is 11.5 Å². The summed E-state index contributed by atoms with van der Waals surface area (Å²) in [5.74, 6) is 3.40. The van der Waals surface area contributed by atoms with Gasteiger partial charge < -0.3 is 0 Å². The molecule has 1 aromatic rings. The summed E-state index contributed by atoms with van der Waals surface area (Å²) >= 11 is 7.42. The second-order valence-corrected chi connectivity index (χ2v) is 15.0. The first kappa shape index (κ1) is 18.2. The van der Waals surface area contributed by atoms with E-state index < -0.39 is 8.07 Å². The molecule has 0 atom stereocenters. The second-order valence-electron chi connectivity index (χ2n) is 5.74. The maximum absolute atomic E-state index is 3.47. The fourth-order valence-electron chi connectivity index (χ4n) is 1.71. The van der Waals surface area contributed by atoms with Crippen LogP contribution in [0.15, 0.2) is 37.0 Å². The fourth-order valence-corrected chi connectivity index (χ4v) is 7.15. The van der Waals surface area contributed by atoms with E-state index in [-0.39, 0.29) is 0 Å². The Bertz CT molecular complexity index is 654. The summed E-state index contributed by atoms with van der Waals surface area (Å²) in [6, 6.07) is 8.46. The monoisotopic (exact) mass is 380 g/mol. The van der Waals surface area contributed by atoms with Crippen LogP contribution in [-0.2, 0) is 0 Å². The first-order valence-electron chi connectivity index (χ1n) is 6.95. The molecule has 116 valence electrons. The Balaban J connectivity index is 2.28. The van der Waals surface area contributed by atoms with Crippen LogP contribution in [0.5, 0.6) is 0 Å². The highest BCUT2D eigenvalue weighted by Gasteiger charge is 2.20. The first-order valence-corrected chi connectivity index (χ1v) is 14.5. The van der Waals surface area contributed by atoms with Crippen molar-refractivity contribution >= 4 is 61.2 Å². The predicted octanol–water partition coefficient (Wildman–Crippen LogP) is 6.55. The quantitative estimate of drug-likeness (QED) is 0.430. The second kappa shape index (κ2) is 8.12. The summed E-state index contributed by atoms with van der Waals surface area (Å²) < 4.78 is 4.17. The Morgan fingerprint density at radius 1 is 1.00 bits per heavy atom. The standard InChI is InChI=1S/C17H20S4Si/c1-18-16-17(19-2)21-15(20-16)12-14-9-7-6-8-13(14)10-11-22(3,4)5/h6-9,12H,1-5H3. The van der Waals surface area contributed by atoms with E-state index in [9.17, 15) is 0 Å². The van der Waals surface area contributed by atoms with Gasteiger partial charge in [-0.3, -0.25) is 0 Å². The molecule has 0 unspecified atom stereocenters. The number of rotatable bonds is 3. The van der Waals surface area contributed by atoms with Crippen molar-refractivity contribution in [3.63, 3.8) is 0 Å². The molecule has 0 amide bonds. The van der Waals surface area contributed by atoms with Crippen LogP contribution in [0.3, 0.4) is 0 Å². The lowest BCUT2D eigenvalue weighted by atomic mass is 10.1. The third-order valence-corrected chi connectivity index (χ3v) is 8.69. The lowest BCUT2D eigenvalue weighted by Gasteiger charge is -2.05. The van der Waals surface area contributed by atoms with Crippen molar-refractivity contribution in [2.75, 3.05) is 12.5 Å². The molecule has 0 aliphatic carbocycles. The Labute approximate surface area is 152 Å². The van der Waals surface area contributed by atoms with Crippen LogP contribution in [0, 0.1) is 11.5 Å². The van der Waals surface area contributed by atoms with E-state index in [0.29, 0.717) is 0 Å². The van der Waals surface area contributed by atoms with Crippen LogP contribution >= 0.6 is 47.0 Å². The average molecular weight is 381 g/mol. The van der Waals surface area contributed by atoms with Crippen LogP contribution in [0.1, 0.15) is 11.1 Å². The Kier molecular flexibility index (Phi) is 6.72. The highest BCUT2D eigenvalue weighted by Crippen LogP contribution is 2.56. The molecule has 0 bridgehead atoms. The van der Waals surface area contributed by atoms with Crippen molar-refractivity contribution in [1.82, 2.24) is 0 Å². The molecule has 0 saturated heterocycles. The van der Waals surface area contributed by atoms with Crippen molar-refractivity contribution in [1.29, 1.82) is 0 Å². The van der Waals surface area contributed by atoms with E-state index in [1.54, 1.807) is 0 Å². The van der Waals surface area contributed by atoms with Gasteiger partial charge in [0.05, 0.1) is 12.7 Å². The Morgan fingerprint density at radius 2 is 1.59 bits per heavy atom. The summed E-state index contributed by atoms with van der Waals surface area (Å²) in [7, 11) is -1.35. The molecule has 0 nitrogen and oxygen atoms in total. The Hall–Kier alpha value is -0.123. The normalized spacial score (nSPS) is 14.9. The number of hydrogen-bond donors (Lipinski definition) is 0. The molecule has 0 spiro atoms. The summed E-state index contributed by atoms with van der Waals surface area (Å²) in [6.45, 7) is 6.84. The molecule has 0 fully saturated rings. The van der Waals surface area contributed by atoms with Gasteiger partial charge in [-0.25, -0.2) is 0 Å². The lowest BCUT2D eigenvalue weighted by Crippen LogP contribution is -2.16. The van der Waals surface area contributed by atoms with Gasteiger partial charge in [-0.05, 0) is 30.2 Å². The molecule has 1 heterocycles. The summed E-state index contributed by atoms with van der Waals surface area (Å²) in [5.41, 5.74) is 5.84. The molecule has 5 heteroatoms. The molecule has 1 aromatic carbocycles. The van der Waals surface area contributed by atoms with E-state index in [4.69, 9.17) is 0 Å². The van der Waals surface area contributed by atoms with Crippen LogP contribution in [-0.4, -0.2) is 20.6 Å². The SMILES string of the molecule is CSC1=C(SC)SC(=Cc2ccccc2C#C[Si](C)(C)C)S1. The minimum absolute atomic E-state index is 1.14. The van der Waals surface area contributed by atoms with Crippen molar-refractivity contribution in [3.05, 3.63) is 48.1 Å². The van der Waals surface area contributed by atoms with E-state index >= 15 is 0 Å². The molecule has 0 N–H and O–H groups in total. The smallest absolute Gasteiger partial charge is 0.127 e. The van der Waals surface area contributed by atoms with Crippen LogP contribution in [0.2, 0.25) is 19.6 Å². The van der Waals surface area contributed by atoms with Gasteiger partial charge in [-0.1, -0.05) is 67.3 Å². The van der Waals surface area contributed by atoms with Gasteiger partial charge in [0.2, 0.25) is 0 Å². The number of hydrogen-bond acceptors (Lipinski definition) is 4. The molecule has 0 aromatic heterocycles. The van der Waals surface area contributed by atoms with Crippen molar-refractivity contribution in [2.24, 2.45) is 0 Å². The number of benzene rings is 1. The van der Waals surface area contributed by atoms with Gasteiger partial charge in [-0.2, -0.15) is 0 Å². The largest absolute Gasteiger partial charge is 0.129 e. The summed E-state index contributed by atoms with van der Waals surface area (Å²) in [4.78, 5) is 0. The van der Waals surface area contributed by atoms with Crippen molar-refractivity contribution in [2.45, 2.75) is 19.6 Å².